The summed E-state index contributed by atoms with van der Waals surface area (Å²) in [5, 5.41) is 3.49. The highest BCUT2D eigenvalue weighted by atomic mass is 14.9. The Balaban J connectivity index is 1.98. The first-order valence-corrected chi connectivity index (χ1v) is 6.70. The van der Waals surface area contributed by atoms with Crippen LogP contribution in [0.25, 0.3) is 6.08 Å². The zero-order chi connectivity index (χ0) is 13.7. The molecular formula is C18H21N. The van der Waals surface area contributed by atoms with Crippen molar-refractivity contribution in [3.63, 3.8) is 0 Å². The smallest absolute Gasteiger partial charge is 0.0402 e. The molecule has 1 N–H and O–H groups in total. The number of anilines is 1. The molecule has 0 atom stereocenters. The highest BCUT2D eigenvalue weighted by Gasteiger charge is 2.01. The Morgan fingerprint density at radius 1 is 0.947 bits per heavy atom. The van der Waals surface area contributed by atoms with Gasteiger partial charge >= 0.3 is 0 Å². The van der Waals surface area contributed by atoms with Crippen molar-refractivity contribution in [2.75, 3.05) is 11.9 Å². The van der Waals surface area contributed by atoms with E-state index < -0.39 is 0 Å². The molecular weight excluding hydrogens is 230 g/mol. The van der Waals surface area contributed by atoms with Crippen LogP contribution in [-0.2, 0) is 0 Å². The largest absolute Gasteiger partial charge is 0.381 e. The molecule has 0 heterocycles. The molecule has 98 valence electrons. The molecule has 0 aromatic heterocycles. The third kappa shape index (κ3) is 3.72. The minimum atomic E-state index is 0.847. The Hall–Kier alpha value is -2.02. The number of hydrogen-bond acceptors (Lipinski definition) is 1. The number of hydrogen-bond donors (Lipinski definition) is 1. The van der Waals surface area contributed by atoms with E-state index in [2.05, 4.69) is 74.6 Å². The van der Waals surface area contributed by atoms with Crippen molar-refractivity contribution in [1.29, 1.82) is 0 Å². The van der Waals surface area contributed by atoms with E-state index in [1.165, 1.54) is 27.9 Å². The van der Waals surface area contributed by atoms with Crippen molar-refractivity contribution in [3.8, 4) is 0 Å². The molecule has 1 heteroatoms. The molecule has 2 rings (SSSR count). The first-order valence-electron chi connectivity index (χ1n) is 6.70. The summed E-state index contributed by atoms with van der Waals surface area (Å²) in [6, 6.07) is 14.8. The van der Waals surface area contributed by atoms with E-state index in [0.717, 1.165) is 6.54 Å². The SMILES string of the molecule is Cc1cc(C)c(NC/C=C/c2ccccc2)c(C)c1. The van der Waals surface area contributed by atoms with Gasteiger partial charge < -0.3 is 5.32 Å². The normalized spacial score (nSPS) is 10.9. The van der Waals surface area contributed by atoms with E-state index in [0.29, 0.717) is 0 Å². The molecule has 0 aliphatic heterocycles. The molecule has 0 aliphatic carbocycles. The van der Waals surface area contributed by atoms with Crippen LogP contribution in [0.5, 0.6) is 0 Å². The monoisotopic (exact) mass is 251 g/mol. The van der Waals surface area contributed by atoms with Crippen LogP contribution < -0.4 is 5.32 Å². The molecule has 0 radical (unpaired) electrons. The maximum absolute atomic E-state index is 3.49. The number of benzene rings is 2. The van der Waals surface area contributed by atoms with E-state index in [-0.39, 0.29) is 0 Å². The summed E-state index contributed by atoms with van der Waals surface area (Å²) >= 11 is 0. The van der Waals surface area contributed by atoms with Crippen LogP contribution in [0.2, 0.25) is 0 Å². The van der Waals surface area contributed by atoms with Gasteiger partial charge in [-0.2, -0.15) is 0 Å². The van der Waals surface area contributed by atoms with Gasteiger partial charge in [-0.3, -0.25) is 0 Å². The van der Waals surface area contributed by atoms with Crippen LogP contribution in [-0.4, -0.2) is 6.54 Å². The molecule has 0 saturated carbocycles. The summed E-state index contributed by atoms with van der Waals surface area (Å²) in [6.07, 6.45) is 4.31. The molecule has 2 aromatic carbocycles. The Morgan fingerprint density at radius 2 is 1.58 bits per heavy atom. The zero-order valence-corrected chi connectivity index (χ0v) is 11.9. The summed E-state index contributed by atoms with van der Waals surface area (Å²) in [5.41, 5.74) is 6.43. The Labute approximate surface area is 116 Å². The standard InChI is InChI=1S/C18H21N/c1-14-12-15(2)18(16(3)13-14)19-11-7-10-17-8-5-4-6-9-17/h4-10,12-13,19H,11H2,1-3H3/b10-7+. The van der Waals surface area contributed by atoms with Crippen LogP contribution >= 0.6 is 0 Å². The van der Waals surface area contributed by atoms with Crippen molar-refractivity contribution < 1.29 is 0 Å². The van der Waals surface area contributed by atoms with E-state index >= 15 is 0 Å². The Bertz CT molecular complexity index is 544. The lowest BCUT2D eigenvalue weighted by atomic mass is 10.1. The number of rotatable bonds is 4. The van der Waals surface area contributed by atoms with Gasteiger partial charge in [0.15, 0.2) is 0 Å². The average Bonchev–Trinajstić information content (AvgIpc) is 2.38. The molecule has 1 nitrogen and oxygen atoms in total. The van der Waals surface area contributed by atoms with E-state index in [1.54, 1.807) is 0 Å². The van der Waals surface area contributed by atoms with Crippen molar-refractivity contribution >= 4 is 11.8 Å². The fraction of sp³-hybridized carbons (Fsp3) is 0.222. The second kappa shape index (κ2) is 6.24. The fourth-order valence-corrected chi connectivity index (χ4v) is 2.38. The van der Waals surface area contributed by atoms with Gasteiger partial charge in [0.25, 0.3) is 0 Å². The second-order valence-electron chi connectivity index (χ2n) is 4.97. The quantitative estimate of drug-likeness (QED) is 0.827. The molecule has 19 heavy (non-hydrogen) atoms. The van der Waals surface area contributed by atoms with Crippen molar-refractivity contribution in [3.05, 3.63) is 70.8 Å². The molecule has 0 amide bonds. The van der Waals surface area contributed by atoms with Crippen LogP contribution in [0.4, 0.5) is 5.69 Å². The van der Waals surface area contributed by atoms with E-state index in [1.807, 2.05) is 6.07 Å². The zero-order valence-electron chi connectivity index (χ0n) is 11.9. The highest BCUT2D eigenvalue weighted by molar-refractivity contribution is 5.59. The highest BCUT2D eigenvalue weighted by Crippen LogP contribution is 2.21. The molecule has 0 unspecified atom stereocenters. The van der Waals surface area contributed by atoms with Crippen LogP contribution in [0.15, 0.2) is 48.5 Å². The van der Waals surface area contributed by atoms with Crippen molar-refractivity contribution in [2.24, 2.45) is 0 Å². The van der Waals surface area contributed by atoms with Gasteiger partial charge in [0.1, 0.15) is 0 Å². The fourth-order valence-electron chi connectivity index (χ4n) is 2.38. The van der Waals surface area contributed by atoms with Gasteiger partial charge in [-0.25, -0.2) is 0 Å². The first kappa shape index (κ1) is 13.4. The summed E-state index contributed by atoms with van der Waals surface area (Å²) in [4.78, 5) is 0. The summed E-state index contributed by atoms with van der Waals surface area (Å²) in [6.45, 7) is 7.30. The van der Waals surface area contributed by atoms with Gasteiger partial charge in [-0.1, -0.05) is 60.2 Å². The van der Waals surface area contributed by atoms with Gasteiger partial charge in [0.05, 0.1) is 0 Å². The average molecular weight is 251 g/mol. The Morgan fingerprint density at radius 3 is 2.21 bits per heavy atom. The topological polar surface area (TPSA) is 12.0 Å². The van der Waals surface area contributed by atoms with Crippen LogP contribution in [0.3, 0.4) is 0 Å². The van der Waals surface area contributed by atoms with Crippen LogP contribution in [0.1, 0.15) is 22.3 Å². The lowest BCUT2D eigenvalue weighted by Crippen LogP contribution is -2.02. The lowest BCUT2D eigenvalue weighted by Gasteiger charge is -2.12. The predicted octanol–water partition coefficient (Wildman–Crippen LogP) is 4.74. The molecule has 2 aromatic rings. The summed E-state index contributed by atoms with van der Waals surface area (Å²) in [7, 11) is 0. The molecule has 0 bridgehead atoms. The first-order chi connectivity index (χ1) is 9.16. The Kier molecular flexibility index (Phi) is 4.40. The van der Waals surface area contributed by atoms with Gasteiger partial charge in [0, 0.05) is 12.2 Å². The minimum Gasteiger partial charge on any atom is -0.381 e. The van der Waals surface area contributed by atoms with Crippen molar-refractivity contribution in [2.45, 2.75) is 20.8 Å². The minimum absolute atomic E-state index is 0.847. The summed E-state index contributed by atoms with van der Waals surface area (Å²) < 4.78 is 0. The van der Waals surface area contributed by atoms with Crippen molar-refractivity contribution in [1.82, 2.24) is 0 Å². The van der Waals surface area contributed by atoms with E-state index in [4.69, 9.17) is 0 Å². The maximum atomic E-state index is 3.49. The molecule has 0 aliphatic rings. The second-order valence-corrected chi connectivity index (χ2v) is 4.97. The summed E-state index contributed by atoms with van der Waals surface area (Å²) in [5.74, 6) is 0. The predicted molar refractivity (Wildman–Crippen MR) is 84.6 cm³/mol. The van der Waals surface area contributed by atoms with Gasteiger partial charge in [-0.05, 0) is 37.5 Å². The van der Waals surface area contributed by atoms with Gasteiger partial charge in [0.2, 0.25) is 0 Å². The van der Waals surface area contributed by atoms with E-state index in [9.17, 15) is 0 Å². The lowest BCUT2D eigenvalue weighted by molar-refractivity contribution is 1.25. The third-order valence-corrected chi connectivity index (χ3v) is 3.18. The van der Waals surface area contributed by atoms with Gasteiger partial charge in [-0.15, -0.1) is 0 Å². The molecule has 0 spiro atoms. The third-order valence-electron chi connectivity index (χ3n) is 3.18. The number of nitrogens with one attached hydrogen (secondary N) is 1. The maximum Gasteiger partial charge on any atom is 0.0402 e. The van der Waals surface area contributed by atoms with Crippen LogP contribution in [0, 0.1) is 20.8 Å². The molecule has 0 saturated heterocycles. The molecule has 0 fully saturated rings. The number of aryl methyl sites for hydroxylation is 3.